The van der Waals surface area contributed by atoms with Crippen molar-refractivity contribution in [3.05, 3.63) is 27.0 Å². The first-order valence-electron chi connectivity index (χ1n) is 4.87. The fourth-order valence-electron chi connectivity index (χ4n) is 2.09. The Hall–Kier alpha value is -0.190. The molecule has 0 amide bonds. The molecule has 2 rings (SSSR count). The van der Waals surface area contributed by atoms with E-state index in [4.69, 9.17) is 34.8 Å². The van der Waals surface area contributed by atoms with Crippen LogP contribution in [0.3, 0.4) is 0 Å². The van der Waals surface area contributed by atoms with Gasteiger partial charge in [0.05, 0.1) is 10.4 Å². The maximum atomic E-state index is 13.1. The third-order valence-electron chi connectivity index (χ3n) is 3.12. The van der Waals surface area contributed by atoms with Gasteiger partial charge in [-0.15, -0.1) is 0 Å². The molecule has 1 saturated carbocycles. The molecule has 0 saturated heterocycles. The van der Waals surface area contributed by atoms with Gasteiger partial charge >= 0.3 is 6.18 Å². The van der Waals surface area contributed by atoms with Crippen LogP contribution in [-0.4, -0.2) is 11.2 Å². The Labute approximate surface area is 111 Å². The van der Waals surface area contributed by atoms with Gasteiger partial charge < -0.3 is 0 Å². The van der Waals surface area contributed by atoms with Gasteiger partial charge in [0, 0.05) is 5.56 Å². The highest BCUT2D eigenvalue weighted by atomic mass is 35.5. The molecule has 17 heavy (non-hydrogen) atoms. The maximum absolute atomic E-state index is 13.1. The Morgan fingerprint density at radius 2 is 1.76 bits per heavy atom. The van der Waals surface area contributed by atoms with Crippen LogP contribution in [0.5, 0.6) is 0 Å². The highest BCUT2D eigenvalue weighted by molar-refractivity contribution is 6.38. The van der Waals surface area contributed by atoms with E-state index in [0.717, 1.165) is 0 Å². The van der Waals surface area contributed by atoms with Crippen molar-refractivity contribution >= 4 is 34.8 Å². The molecule has 94 valence electrons. The third-order valence-corrected chi connectivity index (χ3v) is 3.89. The van der Waals surface area contributed by atoms with Crippen molar-refractivity contribution in [3.8, 4) is 0 Å². The first kappa shape index (κ1) is 13.2. The number of aromatic nitrogens is 1. The molecule has 0 aromatic carbocycles. The van der Waals surface area contributed by atoms with E-state index in [1.54, 1.807) is 0 Å². The van der Waals surface area contributed by atoms with E-state index in [1.807, 2.05) is 0 Å². The van der Waals surface area contributed by atoms with E-state index in [2.05, 4.69) is 4.98 Å². The second-order valence-corrected chi connectivity index (χ2v) is 5.18. The van der Waals surface area contributed by atoms with E-state index in [1.165, 1.54) is 6.07 Å². The van der Waals surface area contributed by atoms with Gasteiger partial charge in [-0.1, -0.05) is 41.2 Å². The topological polar surface area (TPSA) is 12.9 Å². The van der Waals surface area contributed by atoms with Crippen molar-refractivity contribution in [3.63, 3.8) is 0 Å². The third kappa shape index (κ3) is 2.00. The zero-order valence-electron chi connectivity index (χ0n) is 8.41. The first-order chi connectivity index (χ1) is 7.78. The van der Waals surface area contributed by atoms with Crippen LogP contribution in [0.1, 0.15) is 24.8 Å². The highest BCUT2D eigenvalue weighted by Crippen LogP contribution is 2.57. The minimum absolute atomic E-state index is 0.0135. The molecule has 1 nitrogen and oxygen atoms in total. The van der Waals surface area contributed by atoms with Gasteiger partial charge in [-0.3, -0.25) is 0 Å². The summed E-state index contributed by atoms with van der Waals surface area (Å²) in [7, 11) is 0. The zero-order chi connectivity index (χ0) is 12.8. The molecular formula is C10H7Cl3F3N. The predicted octanol–water partition coefficient (Wildman–Crippen LogP) is 5.03. The monoisotopic (exact) mass is 303 g/mol. The van der Waals surface area contributed by atoms with Gasteiger partial charge in [0.2, 0.25) is 0 Å². The average molecular weight is 305 g/mol. The molecule has 1 aromatic rings. The number of alkyl halides is 3. The van der Waals surface area contributed by atoms with Gasteiger partial charge in [0.15, 0.2) is 0 Å². The summed E-state index contributed by atoms with van der Waals surface area (Å²) < 4.78 is 39.4. The molecule has 1 aromatic heterocycles. The Morgan fingerprint density at radius 1 is 1.18 bits per heavy atom. The molecule has 0 N–H and O–H groups in total. The van der Waals surface area contributed by atoms with Crippen LogP contribution in [0.4, 0.5) is 13.2 Å². The lowest BCUT2D eigenvalue weighted by atomic mass is 9.64. The van der Waals surface area contributed by atoms with Crippen molar-refractivity contribution < 1.29 is 13.2 Å². The minimum Gasteiger partial charge on any atom is -0.224 e. The summed E-state index contributed by atoms with van der Waals surface area (Å²) in [5.74, 6) is 0. The van der Waals surface area contributed by atoms with Crippen molar-refractivity contribution in [1.29, 1.82) is 0 Å². The van der Waals surface area contributed by atoms with Crippen LogP contribution in [0.15, 0.2) is 6.07 Å². The van der Waals surface area contributed by atoms with E-state index in [0.29, 0.717) is 6.42 Å². The lowest BCUT2D eigenvalue weighted by Gasteiger charge is -2.44. The molecule has 1 fully saturated rings. The van der Waals surface area contributed by atoms with E-state index in [-0.39, 0.29) is 33.7 Å². The smallest absolute Gasteiger partial charge is 0.224 e. The Bertz CT molecular complexity index is 432. The second kappa shape index (κ2) is 4.18. The molecule has 0 spiro atoms. The SMILES string of the molecule is FC(F)(F)C1(c2c(Cl)cc(Cl)nc2Cl)CCC1. The van der Waals surface area contributed by atoms with Crippen molar-refractivity contribution in [1.82, 2.24) is 4.98 Å². The van der Waals surface area contributed by atoms with Crippen LogP contribution in [0.25, 0.3) is 0 Å². The van der Waals surface area contributed by atoms with Crippen LogP contribution in [-0.2, 0) is 5.41 Å². The molecule has 0 bridgehead atoms. The Morgan fingerprint density at radius 3 is 2.12 bits per heavy atom. The molecule has 1 heterocycles. The summed E-state index contributed by atoms with van der Waals surface area (Å²) in [5.41, 5.74) is -2.11. The fourth-order valence-corrected chi connectivity index (χ4v) is 3.18. The standard InChI is InChI=1S/C10H7Cl3F3N/c11-5-4-6(12)17-8(13)7(5)9(2-1-3-9)10(14,15)16/h4H,1-3H2. The summed E-state index contributed by atoms with van der Waals surface area (Å²) in [6.45, 7) is 0. The number of pyridine rings is 1. The summed E-state index contributed by atoms with van der Waals surface area (Å²) in [6, 6.07) is 1.19. The summed E-state index contributed by atoms with van der Waals surface area (Å²) >= 11 is 17.2. The van der Waals surface area contributed by atoms with Gasteiger partial charge in [-0.05, 0) is 18.9 Å². The first-order valence-corrected chi connectivity index (χ1v) is 6.00. The van der Waals surface area contributed by atoms with Crippen molar-refractivity contribution in [2.24, 2.45) is 0 Å². The molecular weight excluding hydrogens is 297 g/mol. The van der Waals surface area contributed by atoms with Crippen molar-refractivity contribution in [2.45, 2.75) is 30.9 Å². The molecule has 0 aliphatic heterocycles. The predicted molar refractivity (Wildman–Crippen MR) is 60.9 cm³/mol. The number of nitrogens with zero attached hydrogens (tertiary/aromatic N) is 1. The Balaban J connectivity index is 2.60. The quantitative estimate of drug-likeness (QED) is 0.663. The molecule has 0 unspecified atom stereocenters. The van der Waals surface area contributed by atoms with E-state index < -0.39 is 11.6 Å². The largest absolute Gasteiger partial charge is 0.398 e. The number of hydrogen-bond donors (Lipinski definition) is 0. The summed E-state index contributed by atoms with van der Waals surface area (Å²) in [6.07, 6.45) is -3.92. The molecule has 0 atom stereocenters. The van der Waals surface area contributed by atoms with Crippen LogP contribution in [0.2, 0.25) is 15.3 Å². The van der Waals surface area contributed by atoms with Crippen LogP contribution >= 0.6 is 34.8 Å². The van der Waals surface area contributed by atoms with Crippen LogP contribution in [0, 0.1) is 0 Å². The minimum atomic E-state index is -4.38. The lowest BCUT2D eigenvalue weighted by molar-refractivity contribution is -0.212. The number of halogens is 6. The molecule has 7 heteroatoms. The van der Waals surface area contributed by atoms with Crippen molar-refractivity contribution in [2.75, 3.05) is 0 Å². The summed E-state index contributed by atoms with van der Waals surface area (Å²) in [4.78, 5) is 3.64. The van der Waals surface area contributed by atoms with Gasteiger partial charge in [-0.2, -0.15) is 13.2 Å². The second-order valence-electron chi connectivity index (χ2n) is 4.03. The highest BCUT2D eigenvalue weighted by Gasteiger charge is 2.61. The average Bonchev–Trinajstić information content (AvgIpc) is 2.04. The zero-order valence-corrected chi connectivity index (χ0v) is 10.7. The molecule has 0 radical (unpaired) electrons. The van der Waals surface area contributed by atoms with Gasteiger partial charge in [0.1, 0.15) is 10.3 Å². The van der Waals surface area contributed by atoms with E-state index >= 15 is 0 Å². The van der Waals surface area contributed by atoms with E-state index in [9.17, 15) is 13.2 Å². The Kier molecular flexibility index (Phi) is 3.26. The molecule has 1 aliphatic rings. The van der Waals surface area contributed by atoms with Gasteiger partial charge in [0.25, 0.3) is 0 Å². The summed E-state index contributed by atoms with van der Waals surface area (Å²) in [5, 5.41) is -0.355. The number of hydrogen-bond acceptors (Lipinski definition) is 1. The van der Waals surface area contributed by atoms with Gasteiger partial charge in [-0.25, -0.2) is 4.98 Å². The fraction of sp³-hybridized carbons (Fsp3) is 0.500. The molecule has 1 aliphatic carbocycles. The lowest BCUT2D eigenvalue weighted by Crippen LogP contribution is -2.48. The maximum Gasteiger partial charge on any atom is 0.398 e. The van der Waals surface area contributed by atoms with Crippen LogP contribution < -0.4 is 0 Å². The normalized spacial score (nSPS) is 18.9. The number of rotatable bonds is 1.